The number of anilines is 2. The van der Waals surface area contributed by atoms with Gasteiger partial charge in [0.05, 0.1) is 6.04 Å². The molecule has 182 valence electrons. The van der Waals surface area contributed by atoms with Crippen molar-refractivity contribution in [2.75, 3.05) is 36.4 Å². The minimum absolute atomic E-state index is 0.0621. The van der Waals surface area contributed by atoms with Gasteiger partial charge in [0.1, 0.15) is 6.10 Å². The van der Waals surface area contributed by atoms with Crippen LogP contribution in [0.25, 0.3) is 0 Å². The van der Waals surface area contributed by atoms with Crippen LogP contribution in [0.4, 0.5) is 11.4 Å². The number of carbonyl (C=O) groups is 3. The van der Waals surface area contributed by atoms with Crippen LogP contribution in [0.5, 0.6) is 0 Å². The van der Waals surface area contributed by atoms with Crippen LogP contribution in [0, 0.1) is 0 Å². The smallest absolute Gasteiger partial charge is 0.293 e. The van der Waals surface area contributed by atoms with Gasteiger partial charge in [-0.2, -0.15) is 0 Å². The Morgan fingerprint density at radius 3 is 2.59 bits per heavy atom. The molecular formula is C26H34N4O4. The summed E-state index contributed by atoms with van der Waals surface area (Å²) in [6.45, 7) is 6.83. The molecule has 34 heavy (non-hydrogen) atoms. The Kier molecular flexibility index (Phi) is 9.46. The molecule has 0 aliphatic carbocycles. The van der Waals surface area contributed by atoms with Crippen molar-refractivity contribution in [1.82, 2.24) is 10.6 Å². The van der Waals surface area contributed by atoms with E-state index in [1.165, 1.54) is 0 Å². The average Bonchev–Trinajstić information content (AvgIpc) is 3.28. The van der Waals surface area contributed by atoms with E-state index in [4.69, 9.17) is 4.74 Å². The van der Waals surface area contributed by atoms with E-state index < -0.39 is 12.1 Å². The number of hydrogen-bond donors (Lipinski definition) is 3. The highest BCUT2D eigenvalue weighted by molar-refractivity contribution is 6.00. The van der Waals surface area contributed by atoms with E-state index >= 15 is 0 Å². The molecule has 8 nitrogen and oxygen atoms in total. The van der Waals surface area contributed by atoms with Gasteiger partial charge in [-0.25, -0.2) is 0 Å². The van der Waals surface area contributed by atoms with E-state index in [0.717, 1.165) is 17.7 Å². The standard InChI is InChI=1S/C26H34N4O4/c1-3-27-17-24(34-18-31)23(13-19-9-6-5-7-10-19)29-26(33)20-14-21(28-4-2)16-22(15-20)30-12-8-11-25(30)32/h5-7,9-10,14-16,18,23-24,27-28H,3-4,8,11-13,17H2,1-2H3,(H,29,33)/t23-,24+/m0/s1. The first-order valence-electron chi connectivity index (χ1n) is 11.9. The van der Waals surface area contributed by atoms with Gasteiger partial charge in [-0.15, -0.1) is 0 Å². The summed E-state index contributed by atoms with van der Waals surface area (Å²) in [5.74, 6) is -0.225. The van der Waals surface area contributed by atoms with Gasteiger partial charge in [0.25, 0.3) is 12.4 Å². The van der Waals surface area contributed by atoms with E-state index in [-0.39, 0.29) is 11.8 Å². The third-order valence-electron chi connectivity index (χ3n) is 5.84. The summed E-state index contributed by atoms with van der Waals surface area (Å²) in [5.41, 5.74) is 2.95. The highest BCUT2D eigenvalue weighted by atomic mass is 16.5. The monoisotopic (exact) mass is 466 g/mol. The summed E-state index contributed by atoms with van der Waals surface area (Å²) in [5, 5.41) is 9.53. The van der Waals surface area contributed by atoms with Crippen LogP contribution in [-0.2, 0) is 20.7 Å². The van der Waals surface area contributed by atoms with Crippen molar-refractivity contribution in [3.05, 3.63) is 59.7 Å². The number of likely N-dealkylation sites (N-methyl/N-ethyl adjacent to an activating group) is 1. The lowest BCUT2D eigenvalue weighted by molar-refractivity contribution is -0.134. The van der Waals surface area contributed by atoms with Gasteiger partial charge in [-0.1, -0.05) is 37.3 Å². The number of carbonyl (C=O) groups excluding carboxylic acids is 3. The SMILES string of the molecule is CCNC[C@@H](OC=O)[C@H](Cc1ccccc1)NC(=O)c1cc(NCC)cc(N2CCCC2=O)c1. The molecule has 2 atom stereocenters. The van der Waals surface area contributed by atoms with Crippen LogP contribution >= 0.6 is 0 Å². The fourth-order valence-electron chi connectivity index (χ4n) is 4.16. The number of benzene rings is 2. The van der Waals surface area contributed by atoms with Gasteiger partial charge < -0.3 is 25.6 Å². The van der Waals surface area contributed by atoms with Crippen molar-refractivity contribution in [2.24, 2.45) is 0 Å². The molecule has 0 radical (unpaired) electrons. The molecule has 1 aliphatic rings. The topological polar surface area (TPSA) is 99.8 Å². The van der Waals surface area contributed by atoms with E-state index in [9.17, 15) is 14.4 Å². The summed E-state index contributed by atoms with van der Waals surface area (Å²) in [4.78, 5) is 38.7. The summed E-state index contributed by atoms with van der Waals surface area (Å²) >= 11 is 0. The lowest BCUT2D eigenvalue weighted by Gasteiger charge is -2.27. The zero-order chi connectivity index (χ0) is 24.3. The molecular weight excluding hydrogens is 432 g/mol. The van der Waals surface area contributed by atoms with Gasteiger partial charge in [0.2, 0.25) is 5.91 Å². The highest BCUT2D eigenvalue weighted by Gasteiger charge is 2.27. The predicted molar refractivity (Wildman–Crippen MR) is 133 cm³/mol. The van der Waals surface area contributed by atoms with E-state index in [1.54, 1.807) is 17.0 Å². The molecule has 8 heteroatoms. The fourth-order valence-corrected chi connectivity index (χ4v) is 4.16. The minimum Gasteiger partial charge on any atom is -0.461 e. The maximum Gasteiger partial charge on any atom is 0.293 e. The maximum atomic E-state index is 13.4. The van der Waals surface area contributed by atoms with Crippen LogP contribution in [0.2, 0.25) is 0 Å². The molecule has 1 fully saturated rings. The molecule has 1 aliphatic heterocycles. The van der Waals surface area contributed by atoms with Crippen LogP contribution < -0.4 is 20.9 Å². The Hall–Kier alpha value is -3.39. The first kappa shape index (κ1) is 25.2. The zero-order valence-electron chi connectivity index (χ0n) is 19.9. The molecule has 2 amide bonds. The summed E-state index contributed by atoms with van der Waals surface area (Å²) in [7, 11) is 0. The first-order chi connectivity index (χ1) is 16.5. The number of rotatable bonds is 13. The quantitative estimate of drug-likeness (QED) is 0.393. The molecule has 0 saturated carbocycles. The van der Waals surface area contributed by atoms with Gasteiger partial charge in [0, 0.05) is 43.0 Å². The van der Waals surface area contributed by atoms with Crippen LogP contribution in [0.3, 0.4) is 0 Å². The minimum atomic E-state index is -0.543. The zero-order valence-corrected chi connectivity index (χ0v) is 19.9. The van der Waals surface area contributed by atoms with Crippen LogP contribution in [0.1, 0.15) is 42.6 Å². The number of nitrogens with zero attached hydrogens (tertiary/aromatic N) is 1. The Labute approximate surface area is 201 Å². The first-order valence-corrected chi connectivity index (χ1v) is 11.9. The molecule has 2 aromatic carbocycles. The van der Waals surface area contributed by atoms with Crippen molar-refractivity contribution in [3.8, 4) is 0 Å². The Morgan fingerprint density at radius 1 is 1.15 bits per heavy atom. The third kappa shape index (κ3) is 6.81. The fraction of sp³-hybridized carbons (Fsp3) is 0.423. The molecule has 3 N–H and O–H groups in total. The molecule has 3 rings (SSSR count). The third-order valence-corrected chi connectivity index (χ3v) is 5.84. The van der Waals surface area contributed by atoms with Crippen molar-refractivity contribution in [1.29, 1.82) is 0 Å². The van der Waals surface area contributed by atoms with Crippen molar-refractivity contribution in [3.63, 3.8) is 0 Å². The number of ether oxygens (including phenoxy) is 1. The molecule has 0 aromatic heterocycles. The van der Waals surface area contributed by atoms with Crippen LogP contribution in [0.15, 0.2) is 48.5 Å². The predicted octanol–water partition coefficient (Wildman–Crippen LogP) is 2.74. The van der Waals surface area contributed by atoms with Gasteiger partial charge >= 0.3 is 0 Å². The largest absolute Gasteiger partial charge is 0.461 e. The highest BCUT2D eigenvalue weighted by Crippen LogP contribution is 2.27. The summed E-state index contributed by atoms with van der Waals surface area (Å²) in [6, 6.07) is 14.7. The van der Waals surface area contributed by atoms with E-state index in [1.807, 2.05) is 50.2 Å². The maximum absolute atomic E-state index is 13.4. The molecule has 0 spiro atoms. The summed E-state index contributed by atoms with van der Waals surface area (Å²) in [6.07, 6.45) is 1.28. The molecule has 2 aromatic rings. The van der Waals surface area contributed by atoms with Crippen LogP contribution in [-0.4, -0.2) is 56.6 Å². The Bertz CT molecular complexity index is 967. The second-order valence-corrected chi connectivity index (χ2v) is 8.30. The van der Waals surface area contributed by atoms with Gasteiger partial charge in [0.15, 0.2) is 0 Å². The Balaban J connectivity index is 1.88. The number of hydrogen-bond acceptors (Lipinski definition) is 6. The van der Waals surface area contributed by atoms with Crippen molar-refractivity contribution >= 4 is 29.7 Å². The van der Waals surface area contributed by atoms with E-state index in [2.05, 4.69) is 16.0 Å². The second kappa shape index (κ2) is 12.7. The van der Waals surface area contributed by atoms with Crippen molar-refractivity contribution in [2.45, 2.75) is 45.3 Å². The van der Waals surface area contributed by atoms with E-state index in [0.29, 0.717) is 56.7 Å². The Morgan fingerprint density at radius 2 is 1.94 bits per heavy atom. The molecule has 0 unspecified atom stereocenters. The molecule has 1 heterocycles. The van der Waals surface area contributed by atoms with Gasteiger partial charge in [-0.3, -0.25) is 14.4 Å². The molecule has 1 saturated heterocycles. The average molecular weight is 467 g/mol. The number of amides is 2. The van der Waals surface area contributed by atoms with Gasteiger partial charge in [-0.05, 0) is 50.1 Å². The number of nitrogens with one attached hydrogen (secondary N) is 3. The van der Waals surface area contributed by atoms with Crippen molar-refractivity contribution < 1.29 is 19.1 Å². The molecule has 0 bridgehead atoms. The normalized spacial score (nSPS) is 15.0. The lowest BCUT2D eigenvalue weighted by Crippen LogP contribution is -2.50. The lowest BCUT2D eigenvalue weighted by atomic mass is 10.00. The summed E-state index contributed by atoms with van der Waals surface area (Å²) < 4.78 is 5.37. The second-order valence-electron chi connectivity index (χ2n) is 8.30.